The van der Waals surface area contributed by atoms with Gasteiger partial charge in [-0.2, -0.15) is 0 Å². The van der Waals surface area contributed by atoms with Crippen molar-refractivity contribution in [3.63, 3.8) is 0 Å². The second-order valence-corrected chi connectivity index (χ2v) is 12.7. The van der Waals surface area contributed by atoms with Crippen molar-refractivity contribution in [2.75, 3.05) is 17.4 Å². The molecule has 3 aromatic rings. The van der Waals surface area contributed by atoms with Crippen molar-refractivity contribution >= 4 is 27.5 Å². The minimum absolute atomic E-state index is 0.0933. The standard InChI is InChI=1S/C32H41N3O4S/c1-6-25-18-20-27(21-19-25)35(40(38,39)28-16-12-9-13-17-28)24-30(36)34(23-22-26-14-10-8-11-15-26)29(7-2)31(37)33-32(3,4)5/h8-21,29H,6-7,22-24H2,1-5H3,(H,33,37)/t29-/m0/s1. The number of hydrogen-bond acceptors (Lipinski definition) is 4. The van der Waals surface area contributed by atoms with Gasteiger partial charge in [-0.25, -0.2) is 8.42 Å². The molecule has 214 valence electrons. The Hall–Kier alpha value is -3.65. The third-order valence-corrected chi connectivity index (χ3v) is 8.40. The van der Waals surface area contributed by atoms with Crippen LogP contribution in [0.3, 0.4) is 0 Å². The number of sulfonamides is 1. The van der Waals surface area contributed by atoms with Gasteiger partial charge in [0.2, 0.25) is 11.8 Å². The van der Waals surface area contributed by atoms with Crippen molar-refractivity contribution in [3.8, 4) is 0 Å². The Bertz CT molecular complexity index is 1350. The van der Waals surface area contributed by atoms with Crippen molar-refractivity contribution in [3.05, 3.63) is 96.1 Å². The maximum absolute atomic E-state index is 14.1. The Balaban J connectivity index is 2.01. The number of rotatable bonds is 12. The molecular formula is C32H41N3O4S. The van der Waals surface area contributed by atoms with Crippen molar-refractivity contribution < 1.29 is 18.0 Å². The number of carbonyl (C=O) groups is 2. The summed E-state index contributed by atoms with van der Waals surface area (Å²) < 4.78 is 28.9. The lowest BCUT2D eigenvalue weighted by atomic mass is 10.1. The number of amides is 2. The van der Waals surface area contributed by atoms with Crippen LogP contribution in [0.5, 0.6) is 0 Å². The molecule has 0 heterocycles. The predicted molar refractivity (Wildman–Crippen MR) is 161 cm³/mol. The van der Waals surface area contributed by atoms with E-state index in [1.807, 2.05) is 77.1 Å². The van der Waals surface area contributed by atoms with E-state index in [0.717, 1.165) is 21.9 Å². The molecule has 0 fully saturated rings. The second-order valence-electron chi connectivity index (χ2n) is 10.8. The van der Waals surface area contributed by atoms with E-state index in [1.165, 1.54) is 17.0 Å². The average molecular weight is 564 g/mol. The molecular weight excluding hydrogens is 522 g/mol. The third-order valence-electron chi connectivity index (χ3n) is 6.61. The largest absolute Gasteiger partial charge is 0.350 e. The van der Waals surface area contributed by atoms with E-state index in [2.05, 4.69) is 5.32 Å². The number of nitrogens with one attached hydrogen (secondary N) is 1. The highest BCUT2D eigenvalue weighted by molar-refractivity contribution is 7.92. The Morgan fingerprint density at radius 3 is 1.93 bits per heavy atom. The smallest absolute Gasteiger partial charge is 0.264 e. The number of nitrogens with zero attached hydrogens (tertiary/aromatic N) is 2. The molecule has 0 spiro atoms. The fourth-order valence-corrected chi connectivity index (χ4v) is 5.93. The van der Waals surface area contributed by atoms with Gasteiger partial charge >= 0.3 is 0 Å². The number of aryl methyl sites for hydroxylation is 1. The van der Waals surface area contributed by atoms with Crippen LogP contribution < -0.4 is 9.62 Å². The molecule has 0 bridgehead atoms. The summed E-state index contributed by atoms with van der Waals surface area (Å²) in [4.78, 5) is 29.0. The molecule has 3 aromatic carbocycles. The molecule has 7 nitrogen and oxygen atoms in total. The second kappa shape index (κ2) is 13.6. The summed E-state index contributed by atoms with van der Waals surface area (Å²) in [7, 11) is -4.07. The van der Waals surface area contributed by atoms with E-state index in [1.54, 1.807) is 30.3 Å². The molecule has 0 saturated heterocycles. The zero-order valence-electron chi connectivity index (χ0n) is 24.1. The summed E-state index contributed by atoms with van der Waals surface area (Å²) >= 11 is 0. The van der Waals surface area contributed by atoms with Crippen molar-refractivity contribution in [1.29, 1.82) is 0 Å². The van der Waals surface area contributed by atoms with Crippen LogP contribution in [0, 0.1) is 0 Å². The van der Waals surface area contributed by atoms with E-state index < -0.39 is 34.1 Å². The van der Waals surface area contributed by atoms with Gasteiger partial charge in [-0.05, 0) is 75.4 Å². The van der Waals surface area contributed by atoms with Gasteiger partial charge in [0.05, 0.1) is 10.6 Å². The van der Waals surface area contributed by atoms with E-state index in [-0.39, 0.29) is 17.3 Å². The first kappa shape index (κ1) is 30.9. The number of carbonyl (C=O) groups excluding carboxylic acids is 2. The number of hydrogen-bond donors (Lipinski definition) is 1. The molecule has 0 saturated carbocycles. The first-order valence-electron chi connectivity index (χ1n) is 13.8. The fraction of sp³-hybridized carbons (Fsp3) is 0.375. The molecule has 1 N–H and O–H groups in total. The lowest BCUT2D eigenvalue weighted by Gasteiger charge is -2.34. The van der Waals surface area contributed by atoms with Gasteiger partial charge in [0.1, 0.15) is 12.6 Å². The molecule has 0 unspecified atom stereocenters. The molecule has 40 heavy (non-hydrogen) atoms. The minimum atomic E-state index is -4.07. The predicted octanol–water partition coefficient (Wildman–Crippen LogP) is 5.21. The van der Waals surface area contributed by atoms with Crippen molar-refractivity contribution in [2.24, 2.45) is 0 Å². The van der Waals surface area contributed by atoms with Crippen LogP contribution in [0.4, 0.5) is 5.69 Å². The monoisotopic (exact) mass is 563 g/mol. The van der Waals surface area contributed by atoms with Crippen LogP contribution in [0.25, 0.3) is 0 Å². The van der Waals surface area contributed by atoms with Crippen LogP contribution >= 0.6 is 0 Å². The van der Waals surface area contributed by atoms with Gasteiger partial charge in [-0.15, -0.1) is 0 Å². The summed E-state index contributed by atoms with van der Waals surface area (Å²) in [6.45, 7) is 9.39. The van der Waals surface area contributed by atoms with E-state index in [9.17, 15) is 18.0 Å². The Morgan fingerprint density at radius 1 is 0.825 bits per heavy atom. The Kier molecular flexibility index (Phi) is 10.5. The molecule has 2 amide bonds. The summed E-state index contributed by atoms with van der Waals surface area (Å²) in [6.07, 6.45) is 1.72. The molecule has 1 atom stereocenters. The highest BCUT2D eigenvalue weighted by Crippen LogP contribution is 2.25. The third kappa shape index (κ3) is 8.18. The maximum Gasteiger partial charge on any atom is 0.264 e. The molecule has 0 aromatic heterocycles. The molecule has 0 aliphatic carbocycles. The quantitative estimate of drug-likeness (QED) is 0.328. The van der Waals surface area contributed by atoms with Crippen LogP contribution in [-0.4, -0.2) is 49.8 Å². The number of anilines is 1. The minimum Gasteiger partial charge on any atom is -0.350 e. The molecule has 0 radical (unpaired) electrons. The van der Waals surface area contributed by atoms with E-state index in [4.69, 9.17) is 0 Å². The van der Waals surface area contributed by atoms with Gasteiger partial charge in [-0.1, -0.05) is 74.5 Å². The van der Waals surface area contributed by atoms with Crippen LogP contribution in [0.15, 0.2) is 89.8 Å². The topological polar surface area (TPSA) is 86.8 Å². The fourth-order valence-electron chi connectivity index (χ4n) is 4.50. The number of benzene rings is 3. The summed E-state index contributed by atoms with van der Waals surface area (Å²) in [5, 5.41) is 2.99. The Labute approximate surface area is 239 Å². The van der Waals surface area contributed by atoms with Crippen LogP contribution in [-0.2, 0) is 32.5 Å². The molecule has 0 aliphatic rings. The lowest BCUT2D eigenvalue weighted by molar-refractivity contribution is -0.140. The molecule has 8 heteroatoms. The van der Waals surface area contributed by atoms with Gasteiger partial charge < -0.3 is 10.2 Å². The zero-order valence-corrected chi connectivity index (χ0v) is 24.9. The maximum atomic E-state index is 14.1. The van der Waals surface area contributed by atoms with Gasteiger partial charge in [-0.3, -0.25) is 13.9 Å². The van der Waals surface area contributed by atoms with E-state index >= 15 is 0 Å². The average Bonchev–Trinajstić information content (AvgIpc) is 2.93. The van der Waals surface area contributed by atoms with E-state index in [0.29, 0.717) is 18.5 Å². The normalized spacial score (nSPS) is 12.4. The Morgan fingerprint density at radius 2 is 1.40 bits per heavy atom. The lowest BCUT2D eigenvalue weighted by Crippen LogP contribution is -2.56. The van der Waals surface area contributed by atoms with Crippen LogP contribution in [0.1, 0.15) is 52.2 Å². The first-order chi connectivity index (χ1) is 19.0. The first-order valence-corrected chi connectivity index (χ1v) is 15.2. The summed E-state index contributed by atoms with van der Waals surface area (Å²) in [5.74, 6) is -0.702. The van der Waals surface area contributed by atoms with Crippen molar-refractivity contribution in [2.45, 2.75) is 70.4 Å². The SMILES string of the molecule is CCc1ccc(N(CC(=O)N(CCc2ccccc2)[C@@H](CC)C(=O)NC(C)(C)C)S(=O)(=O)c2ccccc2)cc1. The highest BCUT2D eigenvalue weighted by Gasteiger charge is 2.34. The van der Waals surface area contributed by atoms with Gasteiger partial charge in [0.15, 0.2) is 0 Å². The highest BCUT2D eigenvalue weighted by atomic mass is 32.2. The molecule has 3 rings (SSSR count). The molecule has 0 aliphatic heterocycles. The summed E-state index contributed by atoms with van der Waals surface area (Å²) in [6, 6.07) is 24.3. The van der Waals surface area contributed by atoms with Crippen molar-refractivity contribution in [1.82, 2.24) is 10.2 Å². The van der Waals surface area contributed by atoms with Gasteiger partial charge in [0, 0.05) is 12.1 Å². The van der Waals surface area contributed by atoms with Crippen LogP contribution in [0.2, 0.25) is 0 Å². The summed E-state index contributed by atoms with van der Waals surface area (Å²) in [5.41, 5.74) is 1.99. The van der Waals surface area contributed by atoms with Gasteiger partial charge in [0.25, 0.3) is 10.0 Å². The zero-order chi connectivity index (χ0) is 29.3.